The molecule has 0 saturated heterocycles. The van der Waals surface area contributed by atoms with E-state index < -0.39 is 16.6 Å². The summed E-state index contributed by atoms with van der Waals surface area (Å²) in [6.07, 6.45) is 14.9. The predicted molar refractivity (Wildman–Crippen MR) is 130 cm³/mol. The Morgan fingerprint density at radius 3 is 2.59 bits per heavy atom. The molecule has 1 N–H and O–H groups in total. The molecule has 0 bridgehead atoms. The Labute approximate surface area is 197 Å². The first-order chi connectivity index (χ1) is 14.9. The summed E-state index contributed by atoms with van der Waals surface area (Å²) in [5, 5.41) is 10.1. The molecular formula is C27H46O4S. The van der Waals surface area contributed by atoms with E-state index in [9.17, 15) is 13.5 Å². The van der Waals surface area contributed by atoms with Crippen molar-refractivity contribution in [3.8, 4) is 0 Å². The van der Waals surface area contributed by atoms with E-state index in [1.54, 1.807) is 0 Å². The zero-order chi connectivity index (χ0) is 23.3. The van der Waals surface area contributed by atoms with Crippen LogP contribution in [0, 0.1) is 40.4 Å². The number of aliphatic hydroxyl groups is 1. The number of hydrogen-bond donors (Lipinski definition) is 2. The summed E-state index contributed by atoms with van der Waals surface area (Å²) in [7, 11) is -2.76. The number of allylic oxidation sites excluding steroid dienone is 1. The Kier molecular flexibility index (Phi) is 6.95. The lowest BCUT2D eigenvalue weighted by Gasteiger charge is -2.58. The molecule has 0 aromatic rings. The van der Waals surface area contributed by atoms with Crippen LogP contribution in [0.3, 0.4) is 0 Å². The van der Waals surface area contributed by atoms with Gasteiger partial charge in [-0.25, -0.2) is 8.42 Å². The van der Waals surface area contributed by atoms with Crippen molar-refractivity contribution in [1.82, 2.24) is 0 Å². The highest BCUT2D eigenvalue weighted by atomic mass is 32.2. The second kappa shape index (κ2) is 9.00. The molecule has 0 aliphatic heterocycles. The van der Waals surface area contributed by atoms with E-state index in [4.69, 9.17) is 4.18 Å². The first-order valence-corrected chi connectivity index (χ1v) is 14.3. The van der Waals surface area contributed by atoms with Crippen molar-refractivity contribution in [3.63, 3.8) is 0 Å². The van der Waals surface area contributed by atoms with Crippen LogP contribution in [0.15, 0.2) is 11.6 Å². The minimum atomic E-state index is -2.76. The fourth-order valence-corrected chi connectivity index (χ4v) is 9.30. The van der Waals surface area contributed by atoms with Gasteiger partial charge in [0.25, 0.3) is 11.0 Å². The van der Waals surface area contributed by atoms with Crippen LogP contribution in [0.1, 0.15) is 105 Å². The monoisotopic (exact) mass is 466 g/mol. The molecule has 3 saturated carbocycles. The normalized spacial score (nSPS) is 42.7. The molecule has 0 amide bonds. The smallest absolute Gasteiger partial charge is 0.257 e. The van der Waals surface area contributed by atoms with E-state index in [1.807, 2.05) is 13.8 Å². The molecule has 8 atom stereocenters. The molecule has 184 valence electrons. The maximum absolute atomic E-state index is 11.1. The van der Waals surface area contributed by atoms with Gasteiger partial charge in [0.15, 0.2) is 0 Å². The maximum atomic E-state index is 11.1. The number of rotatable bonds is 7. The molecule has 32 heavy (non-hydrogen) atoms. The van der Waals surface area contributed by atoms with E-state index in [1.165, 1.54) is 44.1 Å². The summed E-state index contributed by atoms with van der Waals surface area (Å²) in [4.78, 5) is 0. The molecule has 3 fully saturated rings. The van der Waals surface area contributed by atoms with Gasteiger partial charge in [0.1, 0.15) is 0 Å². The zero-order valence-electron chi connectivity index (χ0n) is 20.9. The van der Waals surface area contributed by atoms with Crippen molar-refractivity contribution in [2.24, 2.45) is 40.4 Å². The Hall–Kier alpha value is -0.390. The van der Waals surface area contributed by atoms with Crippen molar-refractivity contribution < 1.29 is 17.7 Å². The van der Waals surface area contributed by atoms with Crippen LogP contribution in [0.2, 0.25) is 0 Å². The Balaban J connectivity index is 1.46. The third kappa shape index (κ3) is 4.60. The van der Waals surface area contributed by atoms with Crippen molar-refractivity contribution in [1.29, 1.82) is 0 Å². The first kappa shape index (κ1) is 24.7. The van der Waals surface area contributed by atoms with Crippen molar-refractivity contribution in [3.05, 3.63) is 11.6 Å². The van der Waals surface area contributed by atoms with Gasteiger partial charge < -0.3 is 5.11 Å². The van der Waals surface area contributed by atoms with Crippen molar-refractivity contribution in [2.45, 2.75) is 117 Å². The summed E-state index contributed by atoms with van der Waals surface area (Å²) >= 11 is 0. The topological polar surface area (TPSA) is 63.6 Å². The van der Waals surface area contributed by atoms with Crippen LogP contribution < -0.4 is 0 Å². The lowest BCUT2D eigenvalue weighted by molar-refractivity contribution is -0.0557. The van der Waals surface area contributed by atoms with Crippen LogP contribution >= 0.6 is 0 Å². The Morgan fingerprint density at radius 2 is 1.91 bits per heavy atom. The maximum Gasteiger partial charge on any atom is 0.257 e. The number of fused-ring (bicyclic) bond motifs is 5. The molecule has 0 radical (unpaired) electrons. The van der Waals surface area contributed by atoms with E-state index in [0.29, 0.717) is 5.41 Å². The molecule has 0 spiro atoms. The molecule has 0 aromatic heterocycles. The molecule has 4 aliphatic rings. The summed E-state index contributed by atoms with van der Waals surface area (Å²) in [5.41, 5.74) is 1.62. The molecule has 4 aliphatic carbocycles. The molecule has 5 heteroatoms. The van der Waals surface area contributed by atoms with Gasteiger partial charge in [-0.05, 0) is 112 Å². The first-order valence-electron chi connectivity index (χ1n) is 13.2. The molecule has 4 nitrogen and oxygen atoms in total. The fourth-order valence-electron chi connectivity index (χ4n) is 8.87. The number of thiol groups is 1. The highest BCUT2D eigenvalue weighted by Crippen LogP contribution is 2.67. The minimum absolute atomic E-state index is 0.151. The molecule has 0 unspecified atom stereocenters. The van der Waals surface area contributed by atoms with Gasteiger partial charge in [0.05, 0.1) is 11.7 Å². The second-order valence-electron chi connectivity index (χ2n) is 12.9. The second-order valence-corrected chi connectivity index (χ2v) is 13.5. The zero-order valence-corrected chi connectivity index (χ0v) is 21.8. The third-order valence-electron chi connectivity index (χ3n) is 10.5. The molecule has 4 rings (SSSR count). The lowest BCUT2D eigenvalue weighted by atomic mass is 9.47. The lowest BCUT2D eigenvalue weighted by Crippen LogP contribution is -2.51. The molecule has 0 heterocycles. The van der Waals surface area contributed by atoms with Crippen LogP contribution in [0.5, 0.6) is 0 Å². The Bertz CT molecular complexity index is 788. The van der Waals surface area contributed by atoms with Crippen LogP contribution in [0.25, 0.3) is 0 Å². The SMILES string of the molecule is C[C@@H](CCCC(C)(C)O)[C@H]1CC[C@H]2[C@@H]3CC=C4C[C@@H](O[SH](=O)=O)CC[C@]4(C)[C@H]3CC[C@]12C. The highest BCUT2D eigenvalue weighted by molar-refractivity contribution is 7.67. The van der Waals surface area contributed by atoms with Gasteiger partial charge in [-0.15, -0.1) is 0 Å². The van der Waals surface area contributed by atoms with Gasteiger partial charge >= 0.3 is 0 Å². The fraction of sp³-hybridized carbons (Fsp3) is 0.926. The van der Waals surface area contributed by atoms with Crippen LogP contribution in [-0.4, -0.2) is 25.2 Å². The average Bonchev–Trinajstić information content (AvgIpc) is 3.04. The minimum Gasteiger partial charge on any atom is -0.390 e. The van der Waals surface area contributed by atoms with Gasteiger partial charge in [-0.3, -0.25) is 4.18 Å². The summed E-state index contributed by atoms with van der Waals surface area (Å²) < 4.78 is 27.4. The quantitative estimate of drug-likeness (QED) is 0.354. The summed E-state index contributed by atoms with van der Waals surface area (Å²) in [6, 6.07) is 0. The number of hydrogen-bond acceptors (Lipinski definition) is 4. The van der Waals surface area contributed by atoms with Crippen LogP contribution in [0.4, 0.5) is 0 Å². The van der Waals surface area contributed by atoms with Gasteiger partial charge in [0.2, 0.25) is 0 Å². The molecular weight excluding hydrogens is 420 g/mol. The van der Waals surface area contributed by atoms with E-state index in [-0.39, 0.29) is 11.5 Å². The Morgan fingerprint density at radius 1 is 1.16 bits per heavy atom. The average molecular weight is 467 g/mol. The van der Waals surface area contributed by atoms with Gasteiger partial charge in [0, 0.05) is 0 Å². The predicted octanol–water partition coefficient (Wildman–Crippen LogP) is 6.05. The largest absolute Gasteiger partial charge is 0.390 e. The van der Waals surface area contributed by atoms with Crippen molar-refractivity contribution in [2.75, 3.05) is 0 Å². The molecule has 0 aromatic carbocycles. The van der Waals surface area contributed by atoms with E-state index in [2.05, 4.69) is 26.8 Å². The van der Waals surface area contributed by atoms with E-state index >= 15 is 0 Å². The standard InChI is InChI=1S/C27H46O4S/c1-18(7-6-14-25(2,3)28)22-10-11-23-21-9-8-19-17-20(31-32(29)30)12-15-26(19,4)24(21)13-16-27(22,23)5/h8,18,20-24,28,32H,6-7,9-17H2,1-5H3/t18-,20-,21-,22+,23-,24-,26-,27+/m0/s1. The van der Waals surface area contributed by atoms with Crippen molar-refractivity contribution >= 4 is 11.0 Å². The van der Waals surface area contributed by atoms with Gasteiger partial charge in [-0.2, -0.15) is 0 Å². The van der Waals surface area contributed by atoms with E-state index in [0.717, 1.165) is 61.7 Å². The van der Waals surface area contributed by atoms with Gasteiger partial charge in [-0.1, -0.05) is 45.3 Å². The summed E-state index contributed by atoms with van der Waals surface area (Å²) in [5.74, 6) is 3.89. The third-order valence-corrected chi connectivity index (χ3v) is 11.0. The highest BCUT2D eigenvalue weighted by Gasteiger charge is 2.59. The van der Waals surface area contributed by atoms with Crippen LogP contribution in [-0.2, 0) is 15.2 Å². The summed E-state index contributed by atoms with van der Waals surface area (Å²) in [6.45, 7) is 11.4.